The molecule has 0 aliphatic heterocycles. The summed E-state index contributed by atoms with van der Waals surface area (Å²) in [4.78, 5) is 4.57. The topological polar surface area (TPSA) is 53.7 Å². The Kier molecular flexibility index (Phi) is 4.19. The SMILES string of the molecule is COc1cc(Br)cc(CON)c1OC. The van der Waals surface area contributed by atoms with Crippen LogP contribution in [0.5, 0.6) is 11.5 Å². The number of halogens is 1. The van der Waals surface area contributed by atoms with E-state index in [9.17, 15) is 0 Å². The second kappa shape index (κ2) is 5.19. The first-order valence-corrected chi connectivity index (χ1v) is 4.74. The van der Waals surface area contributed by atoms with E-state index in [0.717, 1.165) is 10.0 Å². The van der Waals surface area contributed by atoms with Crippen LogP contribution in [0, 0.1) is 0 Å². The third-order valence-corrected chi connectivity index (χ3v) is 2.22. The van der Waals surface area contributed by atoms with Gasteiger partial charge in [-0.1, -0.05) is 15.9 Å². The minimum Gasteiger partial charge on any atom is -0.493 e. The maximum atomic E-state index is 5.19. The Morgan fingerprint density at radius 3 is 2.50 bits per heavy atom. The smallest absolute Gasteiger partial charge is 0.166 e. The number of rotatable bonds is 4. The summed E-state index contributed by atoms with van der Waals surface area (Å²) >= 11 is 3.36. The molecule has 78 valence electrons. The number of nitrogens with two attached hydrogens (primary N) is 1. The summed E-state index contributed by atoms with van der Waals surface area (Å²) in [5, 5.41) is 0. The molecule has 14 heavy (non-hydrogen) atoms. The van der Waals surface area contributed by atoms with E-state index in [2.05, 4.69) is 20.8 Å². The molecule has 0 heterocycles. The van der Waals surface area contributed by atoms with Gasteiger partial charge < -0.3 is 9.47 Å². The number of methoxy groups -OCH3 is 2. The lowest BCUT2D eigenvalue weighted by Crippen LogP contribution is -2.02. The Labute approximate surface area is 91.0 Å². The number of ether oxygens (including phenoxy) is 2. The van der Waals surface area contributed by atoms with Gasteiger partial charge in [-0.25, -0.2) is 5.90 Å². The molecule has 0 aliphatic rings. The molecule has 4 nitrogen and oxygen atoms in total. The van der Waals surface area contributed by atoms with Crippen molar-refractivity contribution >= 4 is 15.9 Å². The molecule has 0 aliphatic carbocycles. The molecule has 0 radical (unpaired) electrons. The zero-order valence-electron chi connectivity index (χ0n) is 8.04. The zero-order chi connectivity index (χ0) is 10.6. The van der Waals surface area contributed by atoms with Gasteiger partial charge in [0.1, 0.15) is 0 Å². The quantitative estimate of drug-likeness (QED) is 0.841. The Bertz CT molecular complexity index is 317. The lowest BCUT2D eigenvalue weighted by atomic mass is 10.2. The molecule has 0 atom stereocenters. The molecule has 0 amide bonds. The van der Waals surface area contributed by atoms with Gasteiger partial charge in [0.25, 0.3) is 0 Å². The molecule has 1 aromatic rings. The normalized spacial score (nSPS) is 10.0. The van der Waals surface area contributed by atoms with Gasteiger partial charge >= 0.3 is 0 Å². The summed E-state index contributed by atoms with van der Waals surface area (Å²) in [7, 11) is 3.16. The van der Waals surface area contributed by atoms with E-state index < -0.39 is 0 Å². The Balaban J connectivity index is 3.17. The Hall–Kier alpha value is -0.780. The van der Waals surface area contributed by atoms with Crippen LogP contribution in [0.25, 0.3) is 0 Å². The maximum absolute atomic E-state index is 5.19. The monoisotopic (exact) mass is 261 g/mol. The van der Waals surface area contributed by atoms with Crippen molar-refractivity contribution in [3.63, 3.8) is 0 Å². The van der Waals surface area contributed by atoms with Crippen LogP contribution < -0.4 is 15.4 Å². The zero-order valence-corrected chi connectivity index (χ0v) is 9.63. The highest BCUT2D eigenvalue weighted by atomic mass is 79.9. The molecule has 5 heteroatoms. The minimum atomic E-state index is 0.277. The van der Waals surface area contributed by atoms with Crippen molar-refractivity contribution in [2.75, 3.05) is 14.2 Å². The molecule has 0 bridgehead atoms. The van der Waals surface area contributed by atoms with Crippen molar-refractivity contribution in [1.82, 2.24) is 0 Å². The summed E-state index contributed by atoms with van der Waals surface area (Å²) in [6.45, 7) is 0.277. The summed E-state index contributed by atoms with van der Waals surface area (Å²) in [5.41, 5.74) is 0.834. The van der Waals surface area contributed by atoms with Gasteiger partial charge in [0.05, 0.1) is 20.8 Å². The van der Waals surface area contributed by atoms with Crippen LogP contribution in [-0.4, -0.2) is 14.2 Å². The number of hydrogen-bond donors (Lipinski definition) is 1. The Morgan fingerprint density at radius 1 is 1.29 bits per heavy atom. The van der Waals surface area contributed by atoms with Crippen molar-refractivity contribution in [3.8, 4) is 11.5 Å². The van der Waals surface area contributed by atoms with Crippen molar-refractivity contribution in [3.05, 3.63) is 22.2 Å². The highest BCUT2D eigenvalue weighted by molar-refractivity contribution is 9.10. The Morgan fingerprint density at radius 2 is 2.00 bits per heavy atom. The lowest BCUT2D eigenvalue weighted by Gasteiger charge is -2.12. The summed E-state index contributed by atoms with van der Waals surface area (Å²) in [6, 6.07) is 3.69. The average molecular weight is 262 g/mol. The van der Waals surface area contributed by atoms with Crippen molar-refractivity contribution < 1.29 is 14.3 Å². The van der Waals surface area contributed by atoms with Crippen molar-refractivity contribution in [2.45, 2.75) is 6.61 Å². The van der Waals surface area contributed by atoms with Crippen LogP contribution in [0.3, 0.4) is 0 Å². The molecule has 0 unspecified atom stereocenters. The maximum Gasteiger partial charge on any atom is 0.166 e. The fourth-order valence-electron chi connectivity index (χ4n) is 1.20. The van der Waals surface area contributed by atoms with Gasteiger partial charge in [0, 0.05) is 10.0 Å². The van der Waals surface area contributed by atoms with Crippen LogP contribution in [0.15, 0.2) is 16.6 Å². The second-order valence-corrected chi connectivity index (χ2v) is 3.53. The van der Waals surface area contributed by atoms with Crippen molar-refractivity contribution in [2.24, 2.45) is 5.90 Å². The molecule has 0 saturated heterocycles. The molecule has 0 saturated carbocycles. The average Bonchev–Trinajstić information content (AvgIpc) is 2.17. The third kappa shape index (κ3) is 2.37. The summed E-state index contributed by atoms with van der Waals surface area (Å²) in [6.07, 6.45) is 0. The van der Waals surface area contributed by atoms with E-state index >= 15 is 0 Å². The first-order chi connectivity index (χ1) is 6.72. The van der Waals surface area contributed by atoms with Crippen LogP contribution in [0.4, 0.5) is 0 Å². The second-order valence-electron chi connectivity index (χ2n) is 2.61. The fourth-order valence-corrected chi connectivity index (χ4v) is 1.69. The van der Waals surface area contributed by atoms with Gasteiger partial charge in [0.2, 0.25) is 0 Å². The standard InChI is InChI=1S/C9H12BrNO3/c1-12-8-4-7(10)3-6(5-14-11)9(8)13-2/h3-4H,5,11H2,1-2H3. The van der Waals surface area contributed by atoms with E-state index in [4.69, 9.17) is 15.4 Å². The molecule has 0 fully saturated rings. The molecule has 1 aromatic carbocycles. The fraction of sp³-hybridized carbons (Fsp3) is 0.333. The van der Waals surface area contributed by atoms with Gasteiger partial charge in [-0.3, -0.25) is 4.84 Å². The predicted molar refractivity (Wildman–Crippen MR) is 56.2 cm³/mol. The van der Waals surface area contributed by atoms with Crippen molar-refractivity contribution in [1.29, 1.82) is 0 Å². The highest BCUT2D eigenvalue weighted by Gasteiger charge is 2.11. The lowest BCUT2D eigenvalue weighted by molar-refractivity contribution is 0.121. The van der Waals surface area contributed by atoms with E-state index in [1.54, 1.807) is 14.2 Å². The third-order valence-electron chi connectivity index (χ3n) is 1.76. The number of benzene rings is 1. The molecular formula is C9H12BrNO3. The molecular weight excluding hydrogens is 250 g/mol. The first-order valence-electron chi connectivity index (χ1n) is 3.95. The van der Waals surface area contributed by atoms with E-state index in [1.165, 1.54) is 0 Å². The van der Waals surface area contributed by atoms with Crippen LogP contribution in [0.1, 0.15) is 5.56 Å². The predicted octanol–water partition coefficient (Wildman–Crippen LogP) is 1.86. The summed E-state index contributed by atoms with van der Waals surface area (Å²) in [5.74, 6) is 6.30. The van der Waals surface area contributed by atoms with Crippen LogP contribution in [-0.2, 0) is 11.4 Å². The highest BCUT2D eigenvalue weighted by Crippen LogP contribution is 2.34. The van der Waals surface area contributed by atoms with Gasteiger partial charge in [-0.2, -0.15) is 0 Å². The largest absolute Gasteiger partial charge is 0.493 e. The van der Waals surface area contributed by atoms with Crippen LogP contribution in [0.2, 0.25) is 0 Å². The van der Waals surface area contributed by atoms with E-state index in [0.29, 0.717) is 11.5 Å². The molecule has 0 aromatic heterocycles. The van der Waals surface area contributed by atoms with Crippen LogP contribution >= 0.6 is 15.9 Å². The summed E-state index contributed by atoms with van der Waals surface area (Å²) < 4.78 is 11.2. The molecule has 0 spiro atoms. The van der Waals surface area contributed by atoms with Gasteiger partial charge in [-0.15, -0.1) is 0 Å². The van der Waals surface area contributed by atoms with Gasteiger partial charge in [0.15, 0.2) is 11.5 Å². The van der Waals surface area contributed by atoms with E-state index in [1.807, 2.05) is 12.1 Å². The molecule has 2 N–H and O–H groups in total. The van der Waals surface area contributed by atoms with Gasteiger partial charge in [-0.05, 0) is 12.1 Å². The number of hydrogen-bond acceptors (Lipinski definition) is 4. The molecule has 1 rings (SSSR count). The first kappa shape index (κ1) is 11.3. The van der Waals surface area contributed by atoms with E-state index in [-0.39, 0.29) is 6.61 Å². The minimum absolute atomic E-state index is 0.277.